The molecule has 0 aliphatic carbocycles. The van der Waals surface area contributed by atoms with Gasteiger partial charge < -0.3 is 13.9 Å². The van der Waals surface area contributed by atoms with Crippen LogP contribution < -0.4 is 0 Å². The van der Waals surface area contributed by atoms with Gasteiger partial charge in [-0.05, 0) is 24.6 Å². The molecule has 0 aromatic carbocycles. The van der Waals surface area contributed by atoms with Crippen molar-refractivity contribution in [1.29, 1.82) is 0 Å². The molecule has 1 rings (SSSR count). The van der Waals surface area contributed by atoms with Crippen LogP contribution in [0.1, 0.15) is 27.2 Å². The molecule has 0 aromatic rings. The van der Waals surface area contributed by atoms with Crippen molar-refractivity contribution in [2.24, 2.45) is 0 Å². The standard InChI is InChI=1S/C12H26O3Si/c1-4-16(5-2,6-3)15-9-7-8-13-10-12-11-14-12/h12H,4-11H2,1-3H3. The van der Waals surface area contributed by atoms with Crippen LogP contribution >= 0.6 is 0 Å². The van der Waals surface area contributed by atoms with E-state index in [1.54, 1.807) is 0 Å². The minimum absolute atomic E-state index is 0.385. The molecule has 0 amide bonds. The summed E-state index contributed by atoms with van der Waals surface area (Å²) in [6.07, 6.45) is 1.40. The summed E-state index contributed by atoms with van der Waals surface area (Å²) < 4.78 is 16.7. The second-order valence-electron chi connectivity index (χ2n) is 4.48. The normalized spacial score (nSPS) is 20.1. The number of rotatable bonds is 10. The van der Waals surface area contributed by atoms with Gasteiger partial charge >= 0.3 is 0 Å². The lowest BCUT2D eigenvalue weighted by Crippen LogP contribution is -2.36. The van der Waals surface area contributed by atoms with Crippen LogP contribution in [0.5, 0.6) is 0 Å². The molecule has 1 aliphatic heterocycles. The molecule has 0 radical (unpaired) electrons. The zero-order valence-corrected chi connectivity index (χ0v) is 12.0. The summed E-state index contributed by atoms with van der Waals surface area (Å²) in [5.74, 6) is 0. The highest BCUT2D eigenvalue weighted by molar-refractivity contribution is 6.73. The molecule has 0 bridgehead atoms. The van der Waals surface area contributed by atoms with Gasteiger partial charge in [0.05, 0.1) is 13.2 Å². The van der Waals surface area contributed by atoms with Gasteiger partial charge in [-0.1, -0.05) is 20.8 Å². The minimum Gasteiger partial charge on any atom is -0.417 e. The lowest BCUT2D eigenvalue weighted by molar-refractivity contribution is 0.103. The van der Waals surface area contributed by atoms with Crippen molar-refractivity contribution in [3.05, 3.63) is 0 Å². The van der Waals surface area contributed by atoms with Gasteiger partial charge in [-0.3, -0.25) is 0 Å². The molecule has 1 atom stereocenters. The van der Waals surface area contributed by atoms with Crippen molar-refractivity contribution in [2.45, 2.75) is 51.4 Å². The molecule has 4 heteroatoms. The Morgan fingerprint density at radius 3 is 2.25 bits per heavy atom. The first-order chi connectivity index (χ1) is 7.76. The number of epoxide rings is 1. The Hall–Kier alpha value is 0.0969. The van der Waals surface area contributed by atoms with Crippen LogP contribution in [0.3, 0.4) is 0 Å². The molecular formula is C12H26O3Si. The fraction of sp³-hybridized carbons (Fsp3) is 1.00. The Balaban J connectivity index is 1.98. The quantitative estimate of drug-likeness (QED) is 0.337. The molecule has 0 aromatic heterocycles. The summed E-state index contributed by atoms with van der Waals surface area (Å²) in [6, 6.07) is 3.70. The maximum Gasteiger partial charge on any atom is 0.191 e. The van der Waals surface area contributed by atoms with Gasteiger partial charge in [0.1, 0.15) is 6.10 Å². The molecule has 16 heavy (non-hydrogen) atoms. The molecule has 1 unspecified atom stereocenters. The minimum atomic E-state index is -1.37. The monoisotopic (exact) mass is 246 g/mol. The van der Waals surface area contributed by atoms with Gasteiger partial charge in [0, 0.05) is 13.2 Å². The van der Waals surface area contributed by atoms with Crippen molar-refractivity contribution >= 4 is 8.32 Å². The highest BCUT2D eigenvalue weighted by Gasteiger charge is 2.28. The molecule has 0 N–H and O–H groups in total. The first-order valence-corrected chi connectivity index (χ1v) is 9.12. The lowest BCUT2D eigenvalue weighted by atomic mass is 10.5. The van der Waals surface area contributed by atoms with Crippen LogP contribution in [0, 0.1) is 0 Å². The summed E-state index contributed by atoms with van der Waals surface area (Å²) in [4.78, 5) is 0. The van der Waals surface area contributed by atoms with Crippen molar-refractivity contribution < 1.29 is 13.9 Å². The van der Waals surface area contributed by atoms with E-state index >= 15 is 0 Å². The third-order valence-corrected chi connectivity index (χ3v) is 8.16. The van der Waals surface area contributed by atoms with Gasteiger partial charge in [0.15, 0.2) is 8.32 Å². The van der Waals surface area contributed by atoms with Crippen molar-refractivity contribution in [1.82, 2.24) is 0 Å². The van der Waals surface area contributed by atoms with Crippen LogP contribution in [-0.2, 0) is 13.9 Å². The molecule has 0 spiro atoms. The van der Waals surface area contributed by atoms with E-state index in [-0.39, 0.29) is 0 Å². The van der Waals surface area contributed by atoms with E-state index in [9.17, 15) is 0 Å². The van der Waals surface area contributed by atoms with Crippen molar-refractivity contribution in [3.8, 4) is 0 Å². The van der Waals surface area contributed by atoms with Crippen molar-refractivity contribution in [2.75, 3.05) is 26.4 Å². The SMILES string of the molecule is CC[Si](CC)(CC)OCCCOCC1CO1. The van der Waals surface area contributed by atoms with Gasteiger partial charge in [-0.15, -0.1) is 0 Å². The number of hydrogen-bond acceptors (Lipinski definition) is 3. The Labute approximate surface area is 101 Å². The predicted molar refractivity (Wildman–Crippen MR) is 68.3 cm³/mol. The summed E-state index contributed by atoms with van der Waals surface area (Å²) in [6.45, 7) is 10.1. The van der Waals surface area contributed by atoms with Gasteiger partial charge in [0.2, 0.25) is 0 Å². The maximum atomic E-state index is 6.13. The topological polar surface area (TPSA) is 31.0 Å². The third-order valence-electron chi connectivity index (χ3n) is 3.48. The number of hydrogen-bond donors (Lipinski definition) is 0. The summed E-state index contributed by atoms with van der Waals surface area (Å²) >= 11 is 0. The predicted octanol–water partition coefficient (Wildman–Crippen LogP) is 2.81. The molecule has 1 saturated heterocycles. The highest BCUT2D eigenvalue weighted by atomic mass is 28.4. The fourth-order valence-corrected chi connectivity index (χ4v) is 4.57. The maximum absolute atomic E-state index is 6.13. The Bertz CT molecular complexity index is 171. The summed E-state index contributed by atoms with van der Waals surface area (Å²) in [5, 5.41) is 0. The smallest absolute Gasteiger partial charge is 0.191 e. The largest absolute Gasteiger partial charge is 0.417 e. The third kappa shape index (κ3) is 4.95. The van der Waals surface area contributed by atoms with E-state index in [4.69, 9.17) is 13.9 Å². The lowest BCUT2D eigenvalue weighted by Gasteiger charge is -2.27. The van der Waals surface area contributed by atoms with E-state index in [1.165, 1.54) is 18.1 Å². The molecule has 3 nitrogen and oxygen atoms in total. The second kappa shape index (κ2) is 7.43. The first-order valence-electron chi connectivity index (χ1n) is 6.59. The Morgan fingerprint density at radius 1 is 1.12 bits per heavy atom. The van der Waals surface area contributed by atoms with E-state index < -0.39 is 8.32 Å². The first kappa shape index (κ1) is 14.2. The van der Waals surface area contributed by atoms with Gasteiger partial charge in [0.25, 0.3) is 0 Å². The molecule has 1 fully saturated rings. The fourth-order valence-electron chi connectivity index (χ4n) is 1.88. The molecule has 0 saturated carbocycles. The van der Waals surface area contributed by atoms with Crippen LogP contribution in [0.4, 0.5) is 0 Å². The summed E-state index contributed by atoms with van der Waals surface area (Å²) in [7, 11) is -1.37. The van der Waals surface area contributed by atoms with E-state index in [0.29, 0.717) is 6.10 Å². The van der Waals surface area contributed by atoms with Crippen LogP contribution in [-0.4, -0.2) is 40.8 Å². The van der Waals surface area contributed by atoms with Crippen molar-refractivity contribution in [3.63, 3.8) is 0 Å². The van der Waals surface area contributed by atoms with Gasteiger partial charge in [-0.2, -0.15) is 0 Å². The molecular weight excluding hydrogens is 220 g/mol. The molecule has 1 heterocycles. The highest BCUT2D eigenvalue weighted by Crippen LogP contribution is 2.21. The summed E-state index contributed by atoms with van der Waals surface area (Å²) in [5.41, 5.74) is 0. The van der Waals surface area contributed by atoms with E-state index in [1.807, 2.05) is 0 Å². The molecule has 96 valence electrons. The Morgan fingerprint density at radius 2 is 1.75 bits per heavy atom. The van der Waals surface area contributed by atoms with E-state index in [2.05, 4.69) is 20.8 Å². The second-order valence-corrected chi connectivity index (χ2v) is 9.25. The van der Waals surface area contributed by atoms with E-state index in [0.717, 1.165) is 32.8 Å². The zero-order chi connectivity index (χ0) is 11.9. The number of ether oxygens (including phenoxy) is 2. The van der Waals surface area contributed by atoms with Crippen LogP contribution in [0.2, 0.25) is 18.1 Å². The van der Waals surface area contributed by atoms with Crippen LogP contribution in [0.25, 0.3) is 0 Å². The van der Waals surface area contributed by atoms with Gasteiger partial charge in [-0.25, -0.2) is 0 Å². The average Bonchev–Trinajstić information content (AvgIpc) is 3.13. The molecule has 1 aliphatic rings. The average molecular weight is 246 g/mol. The zero-order valence-electron chi connectivity index (χ0n) is 11.0. The van der Waals surface area contributed by atoms with Crippen LogP contribution in [0.15, 0.2) is 0 Å². The Kier molecular flexibility index (Phi) is 6.57.